The lowest BCUT2D eigenvalue weighted by molar-refractivity contribution is 0.162. The van der Waals surface area contributed by atoms with Crippen molar-refractivity contribution in [3.05, 3.63) is 28.2 Å². The minimum atomic E-state index is -0.599. The van der Waals surface area contributed by atoms with Gasteiger partial charge in [-0.2, -0.15) is 0 Å². The third-order valence-electron chi connectivity index (χ3n) is 2.15. The highest BCUT2D eigenvalue weighted by Gasteiger charge is 2.17. The Hall–Kier alpha value is -0.290. The zero-order valence-electron chi connectivity index (χ0n) is 9.31. The van der Waals surface area contributed by atoms with E-state index < -0.39 is 12.1 Å². The molecule has 1 aromatic rings. The van der Waals surface area contributed by atoms with E-state index in [1.165, 1.54) is 0 Å². The van der Waals surface area contributed by atoms with Crippen molar-refractivity contribution >= 4 is 28.3 Å². The quantitative estimate of drug-likeness (QED) is 0.899. The Morgan fingerprint density at radius 2 is 2.12 bits per heavy atom. The van der Waals surface area contributed by atoms with E-state index in [-0.39, 0.29) is 12.4 Å². The molecule has 0 aliphatic heterocycles. The van der Waals surface area contributed by atoms with Crippen molar-refractivity contribution in [2.24, 2.45) is 5.73 Å². The highest BCUT2D eigenvalue weighted by molar-refractivity contribution is 9.10. The summed E-state index contributed by atoms with van der Waals surface area (Å²) in [5, 5.41) is 9.46. The van der Waals surface area contributed by atoms with E-state index in [4.69, 9.17) is 10.5 Å². The molecular formula is C11H17BrClNO2. The van der Waals surface area contributed by atoms with E-state index in [1.54, 1.807) is 6.92 Å². The largest absolute Gasteiger partial charge is 0.494 e. The molecule has 3 N–H and O–H groups in total. The Morgan fingerprint density at radius 1 is 1.50 bits per heavy atom. The van der Waals surface area contributed by atoms with Crippen LogP contribution < -0.4 is 10.5 Å². The van der Waals surface area contributed by atoms with E-state index in [9.17, 15) is 5.11 Å². The van der Waals surface area contributed by atoms with Gasteiger partial charge in [0.15, 0.2) is 0 Å². The third kappa shape index (κ3) is 3.94. The van der Waals surface area contributed by atoms with Gasteiger partial charge in [0, 0.05) is 10.0 Å². The molecule has 92 valence electrons. The number of hydrogen-bond donors (Lipinski definition) is 2. The Labute approximate surface area is 111 Å². The number of aliphatic hydroxyl groups excluding tert-OH is 1. The summed E-state index contributed by atoms with van der Waals surface area (Å²) in [5.41, 5.74) is 6.71. The molecular weight excluding hydrogens is 293 g/mol. The van der Waals surface area contributed by atoms with E-state index in [0.29, 0.717) is 6.61 Å². The first-order valence-electron chi connectivity index (χ1n) is 4.92. The topological polar surface area (TPSA) is 55.5 Å². The molecule has 3 nitrogen and oxygen atoms in total. The maximum atomic E-state index is 9.46. The molecule has 0 bridgehead atoms. The van der Waals surface area contributed by atoms with Crippen LogP contribution in [0.25, 0.3) is 0 Å². The highest BCUT2D eigenvalue weighted by atomic mass is 79.9. The summed E-state index contributed by atoms with van der Waals surface area (Å²) >= 11 is 3.37. The van der Waals surface area contributed by atoms with Gasteiger partial charge < -0.3 is 15.6 Å². The molecule has 0 amide bonds. The zero-order valence-corrected chi connectivity index (χ0v) is 11.7. The van der Waals surface area contributed by atoms with Gasteiger partial charge in [-0.05, 0) is 32.0 Å². The van der Waals surface area contributed by atoms with Gasteiger partial charge in [0.25, 0.3) is 0 Å². The molecule has 0 aliphatic rings. The number of nitrogens with two attached hydrogens (primary N) is 1. The molecule has 5 heteroatoms. The first kappa shape index (κ1) is 15.7. The van der Waals surface area contributed by atoms with Crippen LogP contribution in [0.3, 0.4) is 0 Å². The Kier molecular flexibility index (Phi) is 6.99. The van der Waals surface area contributed by atoms with Gasteiger partial charge in [-0.25, -0.2) is 0 Å². The summed E-state index contributed by atoms with van der Waals surface area (Å²) in [6.45, 7) is 4.17. The van der Waals surface area contributed by atoms with Crippen molar-refractivity contribution in [3.63, 3.8) is 0 Å². The summed E-state index contributed by atoms with van der Waals surface area (Å²) in [6, 6.07) is 5.20. The second-order valence-electron chi connectivity index (χ2n) is 3.38. The molecule has 0 fully saturated rings. The molecule has 0 saturated carbocycles. The van der Waals surface area contributed by atoms with Crippen LogP contribution in [-0.2, 0) is 0 Å². The molecule has 0 spiro atoms. The van der Waals surface area contributed by atoms with Crippen molar-refractivity contribution in [1.82, 2.24) is 0 Å². The molecule has 0 aliphatic carbocycles. The fraction of sp³-hybridized carbons (Fsp3) is 0.455. The number of benzene rings is 1. The lowest BCUT2D eigenvalue weighted by Gasteiger charge is -2.19. The SMILES string of the molecule is CCOc1ccc(Br)cc1[C@@H](N)[C@H](C)O.Cl. The van der Waals surface area contributed by atoms with Gasteiger partial charge in [0.1, 0.15) is 5.75 Å². The van der Waals surface area contributed by atoms with Crippen LogP contribution in [-0.4, -0.2) is 17.8 Å². The van der Waals surface area contributed by atoms with Crippen LogP contribution in [0.2, 0.25) is 0 Å². The molecule has 0 unspecified atom stereocenters. The Bertz CT molecular complexity index is 334. The van der Waals surface area contributed by atoms with E-state index in [1.807, 2.05) is 25.1 Å². The molecule has 0 aromatic heterocycles. The maximum absolute atomic E-state index is 9.46. The summed E-state index contributed by atoms with van der Waals surface area (Å²) in [4.78, 5) is 0. The lowest BCUT2D eigenvalue weighted by atomic mass is 10.0. The summed E-state index contributed by atoms with van der Waals surface area (Å²) in [7, 11) is 0. The van der Waals surface area contributed by atoms with Crippen molar-refractivity contribution in [3.8, 4) is 5.75 Å². The molecule has 16 heavy (non-hydrogen) atoms. The lowest BCUT2D eigenvalue weighted by Crippen LogP contribution is -2.23. The second-order valence-corrected chi connectivity index (χ2v) is 4.30. The van der Waals surface area contributed by atoms with Crippen LogP contribution in [0.5, 0.6) is 5.75 Å². The van der Waals surface area contributed by atoms with E-state index in [0.717, 1.165) is 15.8 Å². The molecule has 0 saturated heterocycles. The summed E-state index contributed by atoms with van der Waals surface area (Å²) < 4.78 is 6.38. The van der Waals surface area contributed by atoms with Crippen LogP contribution in [0, 0.1) is 0 Å². The third-order valence-corrected chi connectivity index (χ3v) is 2.64. The van der Waals surface area contributed by atoms with Gasteiger partial charge in [-0.1, -0.05) is 15.9 Å². The van der Waals surface area contributed by atoms with Crippen LogP contribution in [0.1, 0.15) is 25.5 Å². The van der Waals surface area contributed by atoms with Crippen molar-refractivity contribution in [2.45, 2.75) is 26.0 Å². The minimum absolute atomic E-state index is 0. The van der Waals surface area contributed by atoms with Gasteiger partial charge in [-0.15, -0.1) is 12.4 Å². The zero-order chi connectivity index (χ0) is 11.4. The van der Waals surface area contributed by atoms with E-state index >= 15 is 0 Å². The number of halogens is 2. The number of hydrogen-bond acceptors (Lipinski definition) is 3. The van der Waals surface area contributed by atoms with Crippen molar-refractivity contribution < 1.29 is 9.84 Å². The molecule has 1 aromatic carbocycles. The molecule has 2 atom stereocenters. The highest BCUT2D eigenvalue weighted by Crippen LogP contribution is 2.29. The number of rotatable bonds is 4. The predicted molar refractivity (Wildman–Crippen MR) is 71.2 cm³/mol. The average Bonchev–Trinajstić information content (AvgIpc) is 2.20. The molecule has 0 heterocycles. The monoisotopic (exact) mass is 309 g/mol. The van der Waals surface area contributed by atoms with E-state index in [2.05, 4.69) is 15.9 Å². The van der Waals surface area contributed by atoms with Gasteiger partial charge in [-0.3, -0.25) is 0 Å². The maximum Gasteiger partial charge on any atom is 0.124 e. The normalized spacial score (nSPS) is 13.8. The van der Waals surface area contributed by atoms with Gasteiger partial charge in [0.2, 0.25) is 0 Å². The average molecular weight is 311 g/mol. The number of aliphatic hydroxyl groups is 1. The first-order chi connectivity index (χ1) is 7.06. The van der Waals surface area contributed by atoms with Crippen LogP contribution >= 0.6 is 28.3 Å². The number of ether oxygens (including phenoxy) is 1. The fourth-order valence-corrected chi connectivity index (χ4v) is 1.71. The second kappa shape index (κ2) is 7.12. The Balaban J connectivity index is 0.00000225. The van der Waals surface area contributed by atoms with Gasteiger partial charge in [0.05, 0.1) is 18.8 Å². The standard InChI is InChI=1S/C11H16BrNO2.ClH/c1-3-15-10-5-4-8(12)6-9(10)11(13)7(2)14;/h4-7,11,14H,3,13H2,1-2H3;1H/t7-,11-;/m0./s1. The Morgan fingerprint density at radius 3 is 2.62 bits per heavy atom. The predicted octanol–water partition coefficient (Wildman–Crippen LogP) is 2.65. The smallest absolute Gasteiger partial charge is 0.124 e. The van der Waals surface area contributed by atoms with Crippen LogP contribution in [0.4, 0.5) is 0 Å². The van der Waals surface area contributed by atoms with Crippen molar-refractivity contribution in [1.29, 1.82) is 0 Å². The summed E-state index contributed by atoms with van der Waals surface area (Å²) in [6.07, 6.45) is -0.599. The molecule has 0 radical (unpaired) electrons. The molecule has 1 rings (SSSR count). The fourth-order valence-electron chi connectivity index (χ4n) is 1.33. The van der Waals surface area contributed by atoms with Gasteiger partial charge >= 0.3 is 0 Å². The minimum Gasteiger partial charge on any atom is -0.494 e. The van der Waals surface area contributed by atoms with Crippen molar-refractivity contribution in [2.75, 3.05) is 6.61 Å². The first-order valence-corrected chi connectivity index (χ1v) is 5.71. The van der Waals surface area contributed by atoms with Crippen LogP contribution in [0.15, 0.2) is 22.7 Å². The summed E-state index contributed by atoms with van der Waals surface area (Å²) in [5.74, 6) is 0.731.